The fraction of sp³-hybridized carbons (Fsp3) is 0.412. The van der Waals surface area contributed by atoms with Gasteiger partial charge >= 0.3 is 0 Å². The van der Waals surface area contributed by atoms with Crippen LogP contribution < -0.4 is 9.47 Å². The maximum Gasteiger partial charge on any atom is 0.254 e. The van der Waals surface area contributed by atoms with E-state index < -0.39 is 0 Å². The Labute approximate surface area is 145 Å². The molecule has 0 spiro atoms. The van der Waals surface area contributed by atoms with E-state index in [4.69, 9.17) is 21.1 Å². The minimum atomic E-state index is -0.0531. The van der Waals surface area contributed by atoms with E-state index in [1.165, 1.54) is 14.2 Å². The van der Waals surface area contributed by atoms with Crippen molar-refractivity contribution in [3.63, 3.8) is 0 Å². The molecule has 1 aliphatic rings. The number of likely N-dealkylation sites (tertiary alicyclic amines) is 1. The number of hydrogen-bond acceptors (Lipinski definition) is 4. The molecule has 7 heteroatoms. The van der Waals surface area contributed by atoms with E-state index in [1.807, 2.05) is 11.1 Å². The molecule has 1 amide bonds. The molecule has 0 saturated carbocycles. The second-order valence-electron chi connectivity index (χ2n) is 5.75. The molecule has 1 saturated heterocycles. The molecule has 0 bridgehead atoms. The molecule has 2 heterocycles. The van der Waals surface area contributed by atoms with E-state index in [9.17, 15) is 4.79 Å². The zero-order valence-electron chi connectivity index (χ0n) is 13.7. The number of ether oxygens (including phenoxy) is 2. The van der Waals surface area contributed by atoms with Crippen molar-refractivity contribution in [2.45, 2.75) is 18.9 Å². The lowest BCUT2D eigenvalue weighted by molar-refractivity contribution is 0.0679. The lowest BCUT2D eigenvalue weighted by atomic mass is 10.0. The minimum Gasteiger partial charge on any atom is -0.493 e. The second-order valence-corrected chi connectivity index (χ2v) is 6.16. The third-order valence-corrected chi connectivity index (χ3v) is 4.59. The van der Waals surface area contributed by atoms with E-state index in [0.29, 0.717) is 28.6 Å². The summed E-state index contributed by atoms with van der Waals surface area (Å²) in [5.74, 6) is 0.838. The first kappa shape index (κ1) is 16.6. The maximum absolute atomic E-state index is 12.9. The van der Waals surface area contributed by atoms with E-state index in [2.05, 4.69) is 9.55 Å². The second kappa shape index (κ2) is 7.13. The summed E-state index contributed by atoms with van der Waals surface area (Å²) >= 11 is 6.22. The largest absolute Gasteiger partial charge is 0.493 e. The van der Waals surface area contributed by atoms with Gasteiger partial charge in [-0.1, -0.05) is 11.6 Å². The molecule has 128 valence electrons. The van der Waals surface area contributed by atoms with Crippen molar-refractivity contribution in [3.8, 4) is 11.5 Å². The van der Waals surface area contributed by atoms with Crippen LogP contribution in [0, 0.1) is 0 Å². The van der Waals surface area contributed by atoms with Crippen molar-refractivity contribution < 1.29 is 14.3 Å². The number of amides is 1. The Bertz CT molecular complexity index is 718. The summed E-state index contributed by atoms with van der Waals surface area (Å²) in [7, 11) is 3.05. The van der Waals surface area contributed by atoms with Crippen LogP contribution in [0.1, 0.15) is 29.2 Å². The number of rotatable bonds is 4. The smallest absolute Gasteiger partial charge is 0.254 e. The van der Waals surface area contributed by atoms with Gasteiger partial charge in [0.05, 0.1) is 31.6 Å². The van der Waals surface area contributed by atoms with Crippen LogP contribution in [0.15, 0.2) is 30.9 Å². The first-order valence-corrected chi connectivity index (χ1v) is 8.20. The summed E-state index contributed by atoms with van der Waals surface area (Å²) in [6.07, 6.45) is 7.48. The number of nitrogens with zero attached hydrogens (tertiary/aromatic N) is 3. The van der Waals surface area contributed by atoms with E-state index in [1.54, 1.807) is 24.7 Å². The van der Waals surface area contributed by atoms with Crippen LogP contribution in [-0.2, 0) is 0 Å². The standard InChI is InChI=1S/C17H20ClN3O3/c1-23-15-9-12(8-14(18)16(15)24-2)17(22)20-6-3-4-13(10-20)21-7-5-19-11-21/h5,7-9,11,13H,3-4,6,10H2,1-2H3. The number of methoxy groups -OCH3 is 2. The molecule has 0 N–H and O–H groups in total. The predicted molar refractivity (Wildman–Crippen MR) is 91.0 cm³/mol. The van der Waals surface area contributed by atoms with Crippen molar-refractivity contribution in [2.24, 2.45) is 0 Å². The molecular formula is C17H20ClN3O3. The summed E-state index contributed by atoms with van der Waals surface area (Å²) in [6.45, 7) is 1.39. The van der Waals surface area contributed by atoms with E-state index >= 15 is 0 Å². The molecular weight excluding hydrogens is 330 g/mol. The van der Waals surface area contributed by atoms with Crippen LogP contribution in [0.3, 0.4) is 0 Å². The fourth-order valence-corrected chi connectivity index (χ4v) is 3.38. The SMILES string of the molecule is COc1cc(C(=O)N2CCCC(n3ccnc3)C2)cc(Cl)c1OC. The molecule has 6 nitrogen and oxygen atoms in total. The van der Waals surface area contributed by atoms with Crippen LogP contribution in [0.5, 0.6) is 11.5 Å². The number of aromatic nitrogens is 2. The van der Waals surface area contributed by atoms with Crippen LogP contribution in [-0.4, -0.2) is 47.7 Å². The normalized spacial score (nSPS) is 17.6. The lowest BCUT2D eigenvalue weighted by Gasteiger charge is -2.33. The Balaban J connectivity index is 1.82. The van der Waals surface area contributed by atoms with Crippen LogP contribution in [0.4, 0.5) is 0 Å². The predicted octanol–water partition coefficient (Wildman–Crippen LogP) is 3.03. The summed E-state index contributed by atoms with van der Waals surface area (Å²) in [4.78, 5) is 18.8. The fourth-order valence-electron chi connectivity index (χ4n) is 3.09. The molecule has 1 fully saturated rings. The number of benzene rings is 1. The Kier molecular flexibility index (Phi) is 4.94. The Hall–Kier alpha value is -2.21. The summed E-state index contributed by atoms with van der Waals surface area (Å²) in [6, 6.07) is 3.56. The first-order chi connectivity index (χ1) is 11.6. The zero-order chi connectivity index (χ0) is 17.1. The molecule has 0 radical (unpaired) electrons. The van der Waals surface area contributed by atoms with Crippen molar-refractivity contribution >= 4 is 17.5 Å². The third kappa shape index (κ3) is 3.19. The van der Waals surface area contributed by atoms with Gasteiger partial charge in [0.25, 0.3) is 5.91 Å². The zero-order valence-corrected chi connectivity index (χ0v) is 14.5. The van der Waals surface area contributed by atoms with Crippen LogP contribution >= 0.6 is 11.6 Å². The van der Waals surface area contributed by atoms with Gasteiger partial charge in [-0.3, -0.25) is 4.79 Å². The molecule has 24 heavy (non-hydrogen) atoms. The van der Waals surface area contributed by atoms with Crippen LogP contribution in [0.2, 0.25) is 5.02 Å². The molecule has 1 aliphatic heterocycles. The van der Waals surface area contributed by atoms with Crippen LogP contribution in [0.25, 0.3) is 0 Å². The highest BCUT2D eigenvalue weighted by Gasteiger charge is 2.26. The van der Waals surface area contributed by atoms with E-state index in [-0.39, 0.29) is 11.9 Å². The number of hydrogen-bond donors (Lipinski definition) is 0. The van der Waals surface area contributed by atoms with Gasteiger partial charge in [-0.15, -0.1) is 0 Å². The average molecular weight is 350 g/mol. The van der Waals surface area contributed by atoms with Gasteiger partial charge < -0.3 is 18.9 Å². The van der Waals surface area contributed by atoms with Gasteiger partial charge in [-0.2, -0.15) is 0 Å². The highest BCUT2D eigenvalue weighted by molar-refractivity contribution is 6.32. The van der Waals surface area contributed by atoms with Gasteiger partial charge in [-0.05, 0) is 25.0 Å². The molecule has 1 atom stereocenters. The van der Waals surface area contributed by atoms with Gasteiger partial charge in [-0.25, -0.2) is 4.98 Å². The number of halogens is 1. The number of carbonyl (C=O) groups excluding carboxylic acids is 1. The van der Waals surface area contributed by atoms with Crippen molar-refractivity contribution in [2.75, 3.05) is 27.3 Å². The number of piperidine rings is 1. The molecule has 0 aliphatic carbocycles. The molecule has 2 aromatic rings. The van der Waals surface area contributed by atoms with Gasteiger partial charge in [0.2, 0.25) is 0 Å². The average Bonchev–Trinajstić information content (AvgIpc) is 3.15. The highest BCUT2D eigenvalue weighted by Crippen LogP contribution is 2.36. The van der Waals surface area contributed by atoms with Gasteiger partial charge in [0.15, 0.2) is 11.5 Å². The summed E-state index contributed by atoms with van der Waals surface area (Å²) in [5.41, 5.74) is 0.504. The Morgan fingerprint density at radius 3 is 2.83 bits per heavy atom. The highest BCUT2D eigenvalue weighted by atomic mass is 35.5. The summed E-state index contributed by atoms with van der Waals surface area (Å²) in [5, 5.41) is 0.364. The first-order valence-electron chi connectivity index (χ1n) is 7.82. The Morgan fingerprint density at radius 1 is 1.33 bits per heavy atom. The molecule has 1 aromatic heterocycles. The van der Waals surface area contributed by atoms with Crippen molar-refractivity contribution in [3.05, 3.63) is 41.4 Å². The topological polar surface area (TPSA) is 56.6 Å². The number of imidazole rings is 1. The van der Waals surface area contributed by atoms with Crippen molar-refractivity contribution in [1.82, 2.24) is 14.5 Å². The Morgan fingerprint density at radius 2 is 2.17 bits per heavy atom. The minimum absolute atomic E-state index is 0.0531. The van der Waals surface area contributed by atoms with E-state index in [0.717, 1.165) is 19.4 Å². The van der Waals surface area contributed by atoms with Gasteiger partial charge in [0, 0.05) is 31.0 Å². The number of carbonyl (C=O) groups is 1. The lowest BCUT2D eigenvalue weighted by Crippen LogP contribution is -2.40. The quantitative estimate of drug-likeness (QED) is 0.851. The molecule has 3 rings (SSSR count). The third-order valence-electron chi connectivity index (χ3n) is 4.31. The maximum atomic E-state index is 12.9. The summed E-state index contributed by atoms with van der Waals surface area (Å²) < 4.78 is 12.6. The molecule has 1 unspecified atom stereocenters. The van der Waals surface area contributed by atoms with Gasteiger partial charge in [0.1, 0.15) is 0 Å². The molecule has 1 aromatic carbocycles. The monoisotopic (exact) mass is 349 g/mol. The van der Waals surface area contributed by atoms with Crippen molar-refractivity contribution in [1.29, 1.82) is 0 Å².